The molecule has 0 saturated heterocycles. The first-order chi connectivity index (χ1) is 9.52. The van der Waals surface area contributed by atoms with Gasteiger partial charge < -0.3 is 8.98 Å². The summed E-state index contributed by atoms with van der Waals surface area (Å²) in [7, 11) is -3.60. The second-order valence-electron chi connectivity index (χ2n) is 4.55. The molecule has 0 unspecified atom stereocenters. The van der Waals surface area contributed by atoms with Gasteiger partial charge in [-0.3, -0.25) is 0 Å². The molecule has 0 saturated carbocycles. The fourth-order valence-electron chi connectivity index (χ4n) is 2.23. The number of rotatable bonds is 3. The van der Waals surface area contributed by atoms with Gasteiger partial charge in [-0.2, -0.15) is 4.31 Å². The number of alkyl halides is 1. The molecule has 0 aliphatic carbocycles. The molecule has 0 fully saturated rings. The number of fused-ring (bicyclic) bond motifs is 1. The Hall–Kier alpha value is -1.38. The second-order valence-corrected chi connectivity index (χ2v) is 6.72. The Bertz CT molecular complexity index is 737. The molecular weight excluding hydrogens is 304 g/mol. The van der Waals surface area contributed by atoms with E-state index in [1.54, 1.807) is 13.3 Å². The van der Waals surface area contributed by atoms with Crippen molar-refractivity contribution in [1.29, 1.82) is 0 Å². The highest BCUT2D eigenvalue weighted by atomic mass is 35.5. The molecule has 2 aromatic rings. The largest absolute Gasteiger partial charge is 0.464 e. The predicted octanol–water partition coefficient (Wildman–Crippen LogP) is 1.12. The third-order valence-corrected chi connectivity index (χ3v) is 5.49. The van der Waals surface area contributed by atoms with Crippen LogP contribution in [0.25, 0.3) is 0 Å². The van der Waals surface area contributed by atoms with Crippen LogP contribution < -0.4 is 0 Å². The number of aryl methyl sites for hydroxylation is 1. The Morgan fingerprint density at radius 1 is 1.45 bits per heavy atom. The Labute approximate surface area is 121 Å². The van der Waals surface area contributed by atoms with Gasteiger partial charge in [0.15, 0.2) is 0 Å². The normalized spacial score (nSPS) is 16.3. The molecule has 7 nitrogen and oxygen atoms in total. The summed E-state index contributed by atoms with van der Waals surface area (Å²) in [5.74, 6) is 1.58. The van der Waals surface area contributed by atoms with Crippen molar-refractivity contribution < 1.29 is 12.8 Å². The fraction of sp³-hybridized carbons (Fsp3) is 0.455. The highest BCUT2D eigenvalue weighted by Crippen LogP contribution is 2.26. The van der Waals surface area contributed by atoms with Crippen LogP contribution in [0.1, 0.15) is 17.3 Å². The molecule has 0 atom stereocenters. The number of halogens is 1. The average molecular weight is 317 g/mol. The Kier molecular flexibility index (Phi) is 3.31. The van der Waals surface area contributed by atoms with Crippen molar-refractivity contribution in [2.45, 2.75) is 30.8 Å². The quantitative estimate of drug-likeness (QED) is 0.793. The van der Waals surface area contributed by atoms with Gasteiger partial charge in [0.2, 0.25) is 10.0 Å². The first-order valence-corrected chi connectivity index (χ1v) is 8.02. The van der Waals surface area contributed by atoms with E-state index >= 15 is 0 Å². The molecule has 0 N–H and O–H groups in total. The number of nitrogens with zero attached hydrogens (tertiary/aromatic N) is 4. The third kappa shape index (κ3) is 2.13. The summed E-state index contributed by atoms with van der Waals surface area (Å²) < 4.78 is 33.8. The lowest BCUT2D eigenvalue weighted by molar-refractivity contribution is 0.334. The van der Waals surface area contributed by atoms with Gasteiger partial charge in [0, 0.05) is 19.2 Å². The minimum Gasteiger partial charge on any atom is -0.464 e. The van der Waals surface area contributed by atoms with Gasteiger partial charge in [0.25, 0.3) is 0 Å². The smallest absolute Gasteiger partial charge is 0.247 e. The van der Waals surface area contributed by atoms with Gasteiger partial charge in [-0.15, -0.1) is 21.8 Å². The van der Waals surface area contributed by atoms with Crippen molar-refractivity contribution in [1.82, 2.24) is 19.1 Å². The van der Waals surface area contributed by atoms with Gasteiger partial charge in [-0.1, -0.05) is 0 Å². The van der Waals surface area contributed by atoms with E-state index in [-0.39, 0.29) is 17.3 Å². The number of furan rings is 1. The molecule has 1 aliphatic heterocycles. The van der Waals surface area contributed by atoms with Gasteiger partial charge in [0.05, 0.1) is 12.4 Å². The van der Waals surface area contributed by atoms with Crippen molar-refractivity contribution in [3.63, 3.8) is 0 Å². The summed E-state index contributed by atoms with van der Waals surface area (Å²) in [5.41, 5.74) is 0. The number of hydrogen-bond acceptors (Lipinski definition) is 5. The highest BCUT2D eigenvalue weighted by Gasteiger charge is 2.32. The van der Waals surface area contributed by atoms with Gasteiger partial charge >= 0.3 is 0 Å². The Balaban J connectivity index is 1.95. The summed E-state index contributed by atoms with van der Waals surface area (Å²) in [6.45, 7) is 2.76. The van der Waals surface area contributed by atoms with Crippen LogP contribution in [0.5, 0.6) is 0 Å². The Morgan fingerprint density at radius 2 is 2.25 bits per heavy atom. The molecule has 0 amide bonds. The van der Waals surface area contributed by atoms with Crippen LogP contribution in [0.3, 0.4) is 0 Å². The maximum Gasteiger partial charge on any atom is 0.247 e. The van der Waals surface area contributed by atoms with Crippen molar-refractivity contribution in [2.24, 2.45) is 0 Å². The third-order valence-electron chi connectivity index (χ3n) is 3.28. The fourth-order valence-corrected chi connectivity index (χ4v) is 3.94. The van der Waals surface area contributed by atoms with Crippen molar-refractivity contribution in [3.05, 3.63) is 29.7 Å². The summed E-state index contributed by atoms with van der Waals surface area (Å²) in [4.78, 5) is 0.168. The SMILES string of the molecule is Cc1oc(CCl)cc1S(=O)(=O)N1CCn2cnnc2C1. The topological polar surface area (TPSA) is 81.2 Å². The van der Waals surface area contributed by atoms with Gasteiger partial charge in [0.1, 0.15) is 28.6 Å². The molecule has 3 heterocycles. The van der Waals surface area contributed by atoms with Gasteiger partial charge in [-0.05, 0) is 6.92 Å². The van der Waals surface area contributed by atoms with Crippen molar-refractivity contribution >= 4 is 21.6 Å². The average Bonchev–Trinajstić information content (AvgIpc) is 3.03. The van der Waals surface area contributed by atoms with E-state index in [1.165, 1.54) is 10.4 Å². The van der Waals surface area contributed by atoms with E-state index in [2.05, 4.69) is 10.2 Å². The molecule has 3 rings (SSSR count). The summed E-state index contributed by atoms with van der Waals surface area (Å²) >= 11 is 5.68. The lowest BCUT2D eigenvalue weighted by Crippen LogP contribution is -2.38. The van der Waals surface area contributed by atoms with Crippen LogP contribution in [-0.4, -0.2) is 34.0 Å². The van der Waals surface area contributed by atoms with E-state index in [0.717, 1.165) is 0 Å². The van der Waals surface area contributed by atoms with Crippen LogP contribution in [0.2, 0.25) is 0 Å². The van der Waals surface area contributed by atoms with Crippen molar-refractivity contribution in [2.75, 3.05) is 6.54 Å². The molecule has 108 valence electrons. The number of sulfonamides is 1. The zero-order valence-electron chi connectivity index (χ0n) is 10.8. The summed E-state index contributed by atoms with van der Waals surface area (Å²) in [6.07, 6.45) is 1.61. The molecule has 2 aromatic heterocycles. The van der Waals surface area contributed by atoms with Crippen LogP contribution in [0, 0.1) is 6.92 Å². The lowest BCUT2D eigenvalue weighted by Gasteiger charge is -2.25. The lowest BCUT2D eigenvalue weighted by atomic mass is 10.4. The van der Waals surface area contributed by atoms with E-state index in [4.69, 9.17) is 16.0 Å². The van der Waals surface area contributed by atoms with E-state index in [9.17, 15) is 8.42 Å². The van der Waals surface area contributed by atoms with Crippen molar-refractivity contribution in [3.8, 4) is 0 Å². The monoisotopic (exact) mass is 316 g/mol. The minimum atomic E-state index is -3.60. The molecule has 0 bridgehead atoms. The standard InChI is InChI=1S/C11H13ClN4O3S/c1-8-10(4-9(5-12)19-8)20(17,18)16-3-2-15-7-13-14-11(15)6-16/h4,7H,2-3,5-6H2,1H3. The Morgan fingerprint density at radius 3 is 2.95 bits per heavy atom. The van der Waals surface area contributed by atoms with Crippen LogP contribution >= 0.6 is 11.6 Å². The molecule has 0 aromatic carbocycles. The molecule has 0 radical (unpaired) electrons. The predicted molar refractivity (Wildman–Crippen MR) is 70.6 cm³/mol. The maximum absolute atomic E-state index is 12.6. The van der Waals surface area contributed by atoms with Crippen LogP contribution in [-0.2, 0) is 29.0 Å². The maximum atomic E-state index is 12.6. The minimum absolute atomic E-state index is 0.144. The first-order valence-electron chi connectivity index (χ1n) is 6.04. The van der Waals surface area contributed by atoms with E-state index in [1.807, 2.05) is 4.57 Å². The van der Waals surface area contributed by atoms with Gasteiger partial charge in [-0.25, -0.2) is 8.42 Å². The van der Waals surface area contributed by atoms with Crippen LogP contribution in [0.15, 0.2) is 21.7 Å². The summed E-state index contributed by atoms with van der Waals surface area (Å²) in [5, 5.41) is 7.70. The van der Waals surface area contributed by atoms with Crippen LogP contribution in [0.4, 0.5) is 0 Å². The van der Waals surface area contributed by atoms with E-state index < -0.39 is 10.0 Å². The molecule has 0 spiro atoms. The molecule has 1 aliphatic rings. The molecule has 20 heavy (non-hydrogen) atoms. The first kappa shape index (κ1) is 13.6. The summed E-state index contributed by atoms with van der Waals surface area (Å²) in [6, 6.07) is 1.48. The highest BCUT2D eigenvalue weighted by molar-refractivity contribution is 7.89. The molecule has 9 heteroatoms. The zero-order valence-corrected chi connectivity index (χ0v) is 12.4. The second kappa shape index (κ2) is 4.87. The zero-order chi connectivity index (χ0) is 14.3. The number of aromatic nitrogens is 3. The van der Waals surface area contributed by atoms with E-state index in [0.29, 0.717) is 30.4 Å². The molecular formula is C11H13ClN4O3S. The number of hydrogen-bond donors (Lipinski definition) is 0.